The number of nitrogens with zero attached hydrogens (tertiary/aromatic N) is 3. The zero-order chi connectivity index (χ0) is 16.9. The van der Waals surface area contributed by atoms with Crippen LogP contribution in [-0.2, 0) is 6.54 Å². The van der Waals surface area contributed by atoms with Crippen molar-refractivity contribution in [3.05, 3.63) is 79.8 Å². The van der Waals surface area contributed by atoms with E-state index in [9.17, 15) is 14.9 Å². The van der Waals surface area contributed by atoms with Gasteiger partial charge in [0.1, 0.15) is 10.7 Å². The number of hydrogen-bond donors (Lipinski definition) is 1. The summed E-state index contributed by atoms with van der Waals surface area (Å²) in [6, 6.07) is 12.3. The Bertz CT molecular complexity index is 926. The number of aromatic nitrogens is 3. The number of aromatic amines is 1. The molecule has 0 aliphatic heterocycles. The quantitative estimate of drug-likeness (QED) is 0.418. The van der Waals surface area contributed by atoms with Crippen LogP contribution in [0.4, 0.5) is 5.88 Å². The van der Waals surface area contributed by atoms with Crippen LogP contribution in [0.1, 0.15) is 11.3 Å². The van der Waals surface area contributed by atoms with Gasteiger partial charge in [-0.1, -0.05) is 42.1 Å². The number of benzene rings is 1. The number of nitro groups is 1. The van der Waals surface area contributed by atoms with Crippen LogP contribution in [0.5, 0.6) is 0 Å². The van der Waals surface area contributed by atoms with Gasteiger partial charge >= 0.3 is 11.6 Å². The van der Waals surface area contributed by atoms with Gasteiger partial charge in [0.05, 0.1) is 12.6 Å². The first kappa shape index (κ1) is 15.8. The lowest BCUT2D eigenvalue weighted by molar-refractivity contribution is -0.402. The molecule has 0 aliphatic rings. The molecule has 9 heteroatoms. The molecule has 1 aromatic carbocycles. The summed E-state index contributed by atoms with van der Waals surface area (Å²) in [5, 5.41) is 19.1. The fourth-order valence-electron chi connectivity index (χ4n) is 1.99. The lowest BCUT2D eigenvalue weighted by Crippen LogP contribution is -2.18. The van der Waals surface area contributed by atoms with Crippen LogP contribution < -0.4 is 5.69 Å². The van der Waals surface area contributed by atoms with Crippen LogP contribution in [0.15, 0.2) is 62.2 Å². The van der Waals surface area contributed by atoms with Crippen LogP contribution in [0, 0.1) is 10.1 Å². The first-order valence-corrected chi connectivity index (χ1v) is 7.78. The molecular weight excluding hydrogens is 332 g/mol. The van der Waals surface area contributed by atoms with Crippen molar-refractivity contribution in [3.63, 3.8) is 0 Å². The Kier molecular flexibility index (Phi) is 4.62. The molecule has 0 spiro atoms. The van der Waals surface area contributed by atoms with Gasteiger partial charge in [0.2, 0.25) is 0 Å². The van der Waals surface area contributed by atoms with Crippen LogP contribution in [0.3, 0.4) is 0 Å². The van der Waals surface area contributed by atoms with Gasteiger partial charge in [0.25, 0.3) is 0 Å². The highest BCUT2D eigenvalue weighted by atomic mass is 32.2. The first-order valence-electron chi connectivity index (χ1n) is 6.90. The average molecular weight is 344 g/mol. The predicted octanol–water partition coefficient (Wildman–Crippen LogP) is 2.88. The van der Waals surface area contributed by atoms with Crippen molar-refractivity contribution >= 4 is 23.7 Å². The molecule has 0 saturated heterocycles. The fourth-order valence-corrected chi connectivity index (χ4v) is 2.69. The summed E-state index contributed by atoms with van der Waals surface area (Å²) < 4.78 is 6.53. The number of furan rings is 1. The Morgan fingerprint density at radius 2 is 2.08 bits per heavy atom. The highest BCUT2D eigenvalue weighted by Crippen LogP contribution is 2.21. The van der Waals surface area contributed by atoms with E-state index in [1.165, 1.54) is 28.5 Å². The smallest absolute Gasteiger partial charge is 0.401 e. The maximum Gasteiger partial charge on any atom is 0.433 e. The summed E-state index contributed by atoms with van der Waals surface area (Å²) in [5.41, 5.74) is 0.678. The molecule has 0 radical (unpaired) electrons. The molecule has 0 aliphatic carbocycles. The van der Waals surface area contributed by atoms with Crippen molar-refractivity contribution in [1.82, 2.24) is 14.8 Å². The zero-order valence-corrected chi connectivity index (χ0v) is 13.1. The van der Waals surface area contributed by atoms with Crippen molar-refractivity contribution in [2.45, 2.75) is 11.7 Å². The summed E-state index contributed by atoms with van der Waals surface area (Å²) in [5.74, 6) is 0.0297. The zero-order valence-electron chi connectivity index (χ0n) is 12.3. The number of rotatable bonds is 6. The third kappa shape index (κ3) is 3.63. The molecule has 24 heavy (non-hydrogen) atoms. The predicted molar refractivity (Wildman–Crippen MR) is 88.6 cm³/mol. The van der Waals surface area contributed by atoms with E-state index in [1.807, 2.05) is 30.3 Å². The molecule has 3 aromatic rings. The Balaban J connectivity index is 1.72. The SMILES string of the molecule is O=c1[nH]nc(S/C=C/c2ccc([N+](=O)[O-])o2)n1Cc1ccccc1. The highest BCUT2D eigenvalue weighted by Gasteiger charge is 2.11. The average Bonchev–Trinajstić information content (AvgIpc) is 3.18. The van der Waals surface area contributed by atoms with Gasteiger partial charge in [-0.3, -0.25) is 14.7 Å². The number of thioether (sulfide) groups is 1. The molecule has 3 rings (SSSR count). The van der Waals surface area contributed by atoms with Crippen molar-refractivity contribution in [2.75, 3.05) is 0 Å². The lowest BCUT2D eigenvalue weighted by Gasteiger charge is -2.03. The Morgan fingerprint density at radius 3 is 2.79 bits per heavy atom. The maximum absolute atomic E-state index is 11.9. The topological polar surface area (TPSA) is 107 Å². The molecule has 0 saturated carbocycles. The van der Waals surface area contributed by atoms with Gasteiger partial charge in [-0.25, -0.2) is 9.89 Å². The summed E-state index contributed by atoms with van der Waals surface area (Å²) in [6.45, 7) is 0.401. The van der Waals surface area contributed by atoms with Gasteiger partial charge in [-0.05, 0) is 23.1 Å². The van der Waals surface area contributed by atoms with E-state index in [2.05, 4.69) is 10.2 Å². The fraction of sp³-hybridized carbons (Fsp3) is 0.0667. The Morgan fingerprint density at radius 1 is 1.29 bits per heavy atom. The second-order valence-electron chi connectivity index (χ2n) is 4.74. The molecule has 0 atom stereocenters. The van der Waals surface area contributed by atoms with Gasteiger partial charge in [-0.15, -0.1) is 5.10 Å². The van der Waals surface area contributed by atoms with Crippen molar-refractivity contribution in [2.24, 2.45) is 0 Å². The van der Waals surface area contributed by atoms with E-state index < -0.39 is 4.92 Å². The summed E-state index contributed by atoms with van der Waals surface area (Å²) in [6.07, 6.45) is 1.57. The normalized spacial score (nSPS) is 11.2. The largest absolute Gasteiger partial charge is 0.433 e. The van der Waals surface area contributed by atoms with Crippen molar-refractivity contribution in [3.8, 4) is 0 Å². The molecule has 2 aromatic heterocycles. The van der Waals surface area contributed by atoms with E-state index >= 15 is 0 Å². The summed E-state index contributed by atoms with van der Waals surface area (Å²) in [7, 11) is 0. The number of hydrogen-bond acceptors (Lipinski definition) is 6. The minimum absolute atomic E-state index is 0.302. The Hall–Kier alpha value is -3.07. The van der Waals surface area contributed by atoms with E-state index in [0.717, 1.165) is 5.56 Å². The molecular formula is C15H12N4O4S. The highest BCUT2D eigenvalue weighted by molar-refractivity contribution is 8.02. The van der Waals surface area contributed by atoms with Crippen molar-refractivity contribution in [1.29, 1.82) is 0 Å². The molecule has 2 heterocycles. The second-order valence-corrected chi connectivity index (χ2v) is 5.61. The van der Waals surface area contributed by atoms with Crippen LogP contribution in [-0.4, -0.2) is 19.7 Å². The van der Waals surface area contributed by atoms with Crippen LogP contribution >= 0.6 is 11.8 Å². The maximum atomic E-state index is 11.9. The molecule has 0 unspecified atom stereocenters. The molecule has 122 valence electrons. The summed E-state index contributed by atoms with van der Waals surface area (Å²) >= 11 is 1.21. The standard InChI is InChI=1S/C15H12N4O4S/c20-14-16-17-15(18(14)10-11-4-2-1-3-5-11)24-9-8-12-6-7-13(23-12)19(21)22/h1-9H,10H2,(H,16,20)/b9-8+. The van der Waals surface area contributed by atoms with E-state index in [1.54, 1.807) is 11.5 Å². The number of nitrogens with one attached hydrogen (secondary N) is 1. The van der Waals surface area contributed by atoms with Crippen LogP contribution in [0.25, 0.3) is 6.08 Å². The minimum Gasteiger partial charge on any atom is -0.401 e. The minimum atomic E-state index is -0.601. The van der Waals surface area contributed by atoms with Gasteiger partial charge in [-0.2, -0.15) is 0 Å². The molecule has 0 amide bonds. The van der Waals surface area contributed by atoms with Gasteiger partial charge in [0, 0.05) is 0 Å². The van der Waals surface area contributed by atoms with E-state index in [0.29, 0.717) is 17.5 Å². The van der Waals surface area contributed by atoms with E-state index in [4.69, 9.17) is 4.42 Å². The number of H-pyrrole nitrogens is 1. The monoisotopic (exact) mass is 344 g/mol. The third-order valence-electron chi connectivity index (χ3n) is 3.11. The molecule has 1 N–H and O–H groups in total. The van der Waals surface area contributed by atoms with Gasteiger partial charge < -0.3 is 4.42 Å². The van der Waals surface area contributed by atoms with E-state index in [-0.39, 0.29) is 11.6 Å². The first-order chi connectivity index (χ1) is 11.6. The molecule has 0 bridgehead atoms. The molecule has 0 fully saturated rings. The lowest BCUT2D eigenvalue weighted by atomic mass is 10.2. The summed E-state index contributed by atoms with van der Waals surface area (Å²) in [4.78, 5) is 21.8. The Labute approximate surface area is 140 Å². The molecule has 8 nitrogen and oxygen atoms in total. The van der Waals surface area contributed by atoms with Crippen LogP contribution in [0.2, 0.25) is 0 Å². The van der Waals surface area contributed by atoms with Crippen molar-refractivity contribution < 1.29 is 9.34 Å². The second kappa shape index (κ2) is 7.01. The van der Waals surface area contributed by atoms with Gasteiger partial charge in [0.15, 0.2) is 5.16 Å². The third-order valence-corrected chi connectivity index (χ3v) is 3.90.